The summed E-state index contributed by atoms with van der Waals surface area (Å²) >= 11 is 0. The molecule has 1 saturated heterocycles. The fraction of sp³-hybridized carbons (Fsp3) is 0.571. The zero-order chi connectivity index (χ0) is 11.1. The Bertz CT molecular complexity index is 364. The molecule has 2 bridgehead atoms. The highest BCUT2D eigenvalue weighted by Crippen LogP contribution is 2.41. The lowest BCUT2D eigenvalue weighted by molar-refractivity contribution is 0.0361. The number of rotatable bonds is 2. The van der Waals surface area contributed by atoms with E-state index in [0.29, 0.717) is 12.1 Å². The molecule has 1 aromatic rings. The van der Waals surface area contributed by atoms with Crippen molar-refractivity contribution in [1.29, 1.82) is 0 Å². The van der Waals surface area contributed by atoms with E-state index in [0.717, 1.165) is 18.9 Å². The zero-order valence-corrected chi connectivity index (χ0v) is 9.71. The lowest BCUT2D eigenvalue weighted by Gasteiger charge is -2.35. The summed E-state index contributed by atoms with van der Waals surface area (Å²) in [4.78, 5) is 2.48. The van der Waals surface area contributed by atoms with Gasteiger partial charge < -0.3 is 5.11 Å². The van der Waals surface area contributed by atoms with Gasteiger partial charge in [0.05, 0.1) is 6.10 Å². The number of piperidine rings is 1. The molecule has 3 rings (SSSR count). The first-order chi connectivity index (χ1) is 7.75. The summed E-state index contributed by atoms with van der Waals surface area (Å²) in [6.45, 7) is 3.42. The maximum atomic E-state index is 9.94. The molecule has 0 radical (unpaired) electrons. The number of fused-ring (bicyclic) bond motifs is 2. The van der Waals surface area contributed by atoms with Crippen LogP contribution in [0.4, 0.5) is 0 Å². The third-order valence-corrected chi connectivity index (χ3v) is 4.27. The van der Waals surface area contributed by atoms with Gasteiger partial charge in [0.15, 0.2) is 0 Å². The second kappa shape index (κ2) is 3.86. The molecule has 1 aromatic carbocycles. The van der Waals surface area contributed by atoms with Crippen molar-refractivity contribution in [2.75, 3.05) is 6.54 Å². The first-order valence-electron chi connectivity index (χ1n) is 6.24. The van der Waals surface area contributed by atoms with Crippen molar-refractivity contribution in [3.63, 3.8) is 0 Å². The van der Waals surface area contributed by atoms with E-state index in [9.17, 15) is 5.11 Å². The van der Waals surface area contributed by atoms with Crippen LogP contribution in [0.15, 0.2) is 30.3 Å². The first-order valence-corrected chi connectivity index (χ1v) is 6.24. The van der Waals surface area contributed by atoms with E-state index < -0.39 is 0 Å². The minimum absolute atomic E-state index is 0.0927. The maximum Gasteiger partial charge on any atom is 0.0698 e. The van der Waals surface area contributed by atoms with Gasteiger partial charge in [-0.3, -0.25) is 4.90 Å². The molecule has 0 aromatic heterocycles. The Morgan fingerprint density at radius 3 is 2.62 bits per heavy atom. The highest BCUT2D eigenvalue weighted by atomic mass is 16.3. The van der Waals surface area contributed by atoms with Gasteiger partial charge in [0.2, 0.25) is 0 Å². The van der Waals surface area contributed by atoms with Crippen molar-refractivity contribution in [1.82, 2.24) is 4.90 Å². The molecule has 1 N–H and O–H groups in total. The van der Waals surface area contributed by atoms with E-state index in [4.69, 9.17) is 0 Å². The SMILES string of the molecule is CC(c1ccccc1)N1CC2CC(O)C1C2. The molecule has 2 aliphatic rings. The smallest absolute Gasteiger partial charge is 0.0698 e. The fourth-order valence-corrected chi connectivity index (χ4v) is 3.40. The van der Waals surface area contributed by atoms with Gasteiger partial charge in [-0.05, 0) is 31.2 Å². The molecule has 86 valence electrons. The lowest BCUT2D eigenvalue weighted by atomic mass is 10.0. The lowest BCUT2D eigenvalue weighted by Crippen LogP contribution is -2.42. The third-order valence-electron chi connectivity index (χ3n) is 4.27. The van der Waals surface area contributed by atoms with E-state index in [1.165, 1.54) is 12.0 Å². The number of likely N-dealkylation sites (tertiary alicyclic amines) is 1. The summed E-state index contributed by atoms with van der Waals surface area (Å²) < 4.78 is 0. The van der Waals surface area contributed by atoms with Crippen molar-refractivity contribution >= 4 is 0 Å². The molecule has 1 saturated carbocycles. The average molecular weight is 217 g/mol. The second-order valence-electron chi connectivity index (χ2n) is 5.26. The predicted molar refractivity (Wildman–Crippen MR) is 64.1 cm³/mol. The van der Waals surface area contributed by atoms with E-state index in [1.54, 1.807) is 0 Å². The Hall–Kier alpha value is -0.860. The second-order valence-corrected chi connectivity index (χ2v) is 5.26. The number of benzene rings is 1. The highest BCUT2D eigenvalue weighted by molar-refractivity contribution is 5.19. The van der Waals surface area contributed by atoms with Gasteiger partial charge in [0.1, 0.15) is 0 Å². The molecule has 16 heavy (non-hydrogen) atoms. The van der Waals surface area contributed by atoms with Crippen LogP contribution >= 0.6 is 0 Å². The Morgan fingerprint density at radius 2 is 2.00 bits per heavy atom. The van der Waals surface area contributed by atoms with Gasteiger partial charge in [-0.2, -0.15) is 0 Å². The predicted octanol–water partition coefficient (Wildman–Crippen LogP) is 2.20. The third kappa shape index (κ3) is 1.57. The van der Waals surface area contributed by atoms with Crippen LogP contribution in [0.5, 0.6) is 0 Å². The molecule has 2 fully saturated rings. The van der Waals surface area contributed by atoms with E-state index in [-0.39, 0.29) is 6.10 Å². The summed E-state index contributed by atoms with van der Waals surface area (Å²) in [6, 6.07) is 11.5. The molecule has 0 spiro atoms. The number of hydrogen-bond donors (Lipinski definition) is 1. The van der Waals surface area contributed by atoms with Gasteiger partial charge in [-0.1, -0.05) is 30.3 Å². The largest absolute Gasteiger partial charge is 0.391 e. The normalized spacial score (nSPS) is 35.5. The quantitative estimate of drug-likeness (QED) is 0.821. The summed E-state index contributed by atoms with van der Waals surface area (Å²) in [6.07, 6.45) is 2.12. The molecular weight excluding hydrogens is 198 g/mol. The summed E-state index contributed by atoms with van der Waals surface area (Å²) in [5, 5.41) is 9.94. The molecule has 1 aliphatic heterocycles. The minimum Gasteiger partial charge on any atom is -0.391 e. The van der Waals surface area contributed by atoms with Crippen LogP contribution in [0.2, 0.25) is 0 Å². The molecule has 1 heterocycles. The van der Waals surface area contributed by atoms with Gasteiger partial charge in [0, 0.05) is 18.6 Å². The summed E-state index contributed by atoms with van der Waals surface area (Å²) in [7, 11) is 0. The highest BCUT2D eigenvalue weighted by Gasteiger charge is 2.45. The molecule has 0 amide bonds. The topological polar surface area (TPSA) is 23.5 Å². The van der Waals surface area contributed by atoms with E-state index in [1.807, 2.05) is 0 Å². The van der Waals surface area contributed by atoms with Crippen molar-refractivity contribution in [3.05, 3.63) is 35.9 Å². The minimum atomic E-state index is -0.0927. The van der Waals surface area contributed by atoms with Gasteiger partial charge in [-0.25, -0.2) is 0 Å². The number of nitrogens with zero attached hydrogens (tertiary/aromatic N) is 1. The molecule has 2 heteroatoms. The first kappa shape index (κ1) is 10.3. The van der Waals surface area contributed by atoms with Crippen molar-refractivity contribution < 1.29 is 5.11 Å². The number of hydrogen-bond acceptors (Lipinski definition) is 2. The van der Waals surface area contributed by atoms with Crippen molar-refractivity contribution in [3.8, 4) is 0 Å². The fourth-order valence-electron chi connectivity index (χ4n) is 3.40. The average Bonchev–Trinajstić information content (AvgIpc) is 2.88. The van der Waals surface area contributed by atoms with Crippen LogP contribution in [0, 0.1) is 5.92 Å². The molecular formula is C14H19NO. The van der Waals surface area contributed by atoms with E-state index in [2.05, 4.69) is 42.2 Å². The maximum absolute atomic E-state index is 9.94. The van der Waals surface area contributed by atoms with Gasteiger partial charge >= 0.3 is 0 Å². The Kier molecular flexibility index (Phi) is 2.49. The molecule has 4 atom stereocenters. The van der Waals surface area contributed by atoms with Crippen LogP contribution in [-0.4, -0.2) is 28.7 Å². The summed E-state index contributed by atoms with van der Waals surface area (Å²) in [5.41, 5.74) is 1.36. The van der Waals surface area contributed by atoms with Gasteiger partial charge in [0.25, 0.3) is 0 Å². The Balaban J connectivity index is 1.79. The number of aliphatic hydroxyl groups is 1. The van der Waals surface area contributed by atoms with Gasteiger partial charge in [-0.15, -0.1) is 0 Å². The Morgan fingerprint density at radius 1 is 1.25 bits per heavy atom. The van der Waals surface area contributed by atoms with E-state index >= 15 is 0 Å². The molecule has 1 aliphatic carbocycles. The number of aliphatic hydroxyl groups excluding tert-OH is 1. The van der Waals surface area contributed by atoms with Crippen LogP contribution < -0.4 is 0 Å². The molecule has 2 nitrogen and oxygen atoms in total. The zero-order valence-electron chi connectivity index (χ0n) is 9.71. The van der Waals surface area contributed by atoms with Crippen molar-refractivity contribution in [2.45, 2.75) is 38.0 Å². The molecule has 4 unspecified atom stereocenters. The van der Waals surface area contributed by atoms with Crippen molar-refractivity contribution in [2.24, 2.45) is 5.92 Å². The van der Waals surface area contributed by atoms with Crippen LogP contribution in [0.3, 0.4) is 0 Å². The van der Waals surface area contributed by atoms with Crippen LogP contribution in [-0.2, 0) is 0 Å². The van der Waals surface area contributed by atoms with Crippen LogP contribution in [0.25, 0.3) is 0 Å². The van der Waals surface area contributed by atoms with Crippen LogP contribution in [0.1, 0.15) is 31.4 Å². The summed E-state index contributed by atoms with van der Waals surface area (Å²) in [5.74, 6) is 0.728. The Labute approximate surface area is 96.9 Å². The standard InChI is InChI=1S/C14H19NO/c1-10(12-5-3-2-4-6-12)15-9-11-7-13(15)14(16)8-11/h2-6,10-11,13-14,16H,7-9H2,1H3. The monoisotopic (exact) mass is 217 g/mol.